The Kier molecular flexibility index (Phi) is 2.06. The lowest BCUT2D eigenvalue weighted by atomic mass is 10.0. The Hall–Kier alpha value is -0.570. The highest BCUT2D eigenvalue weighted by Crippen LogP contribution is 2.51. The largest absolute Gasteiger partial charge is 0.353 e. The van der Waals surface area contributed by atoms with Crippen LogP contribution in [0.4, 0.5) is 0 Å². The van der Waals surface area contributed by atoms with Gasteiger partial charge >= 0.3 is 0 Å². The van der Waals surface area contributed by atoms with Crippen LogP contribution in [0.2, 0.25) is 0 Å². The first-order valence-corrected chi connectivity index (χ1v) is 5.15. The molecule has 1 amide bonds. The van der Waals surface area contributed by atoms with Crippen LogP contribution in [-0.4, -0.2) is 24.5 Å². The molecule has 2 aliphatic rings. The van der Waals surface area contributed by atoms with E-state index in [4.69, 9.17) is 0 Å². The Balaban J connectivity index is 1.84. The molecule has 1 heterocycles. The topological polar surface area (TPSA) is 41.1 Å². The maximum Gasteiger partial charge on any atom is 0.237 e. The smallest absolute Gasteiger partial charge is 0.237 e. The third-order valence-electron chi connectivity index (χ3n) is 3.07. The normalized spacial score (nSPS) is 29.6. The van der Waals surface area contributed by atoms with E-state index in [9.17, 15) is 4.79 Å². The van der Waals surface area contributed by atoms with E-state index in [0.717, 1.165) is 13.0 Å². The number of rotatable bonds is 2. The molecule has 3 nitrogen and oxygen atoms in total. The molecule has 0 bridgehead atoms. The zero-order chi connectivity index (χ0) is 9.47. The highest BCUT2D eigenvalue weighted by Gasteiger charge is 2.49. The summed E-state index contributed by atoms with van der Waals surface area (Å²) in [5.41, 5.74) is 0.513. The second-order valence-corrected chi connectivity index (χ2v) is 4.80. The molecule has 0 aromatic heterocycles. The lowest BCUT2D eigenvalue weighted by Crippen LogP contribution is -2.43. The van der Waals surface area contributed by atoms with Crippen molar-refractivity contribution in [2.45, 2.75) is 45.2 Å². The molecule has 1 atom stereocenters. The maximum atomic E-state index is 11.6. The van der Waals surface area contributed by atoms with Gasteiger partial charge in [-0.2, -0.15) is 0 Å². The lowest BCUT2D eigenvalue weighted by Gasteiger charge is -2.13. The molecule has 13 heavy (non-hydrogen) atoms. The average Bonchev–Trinajstić information content (AvgIpc) is 2.59. The van der Waals surface area contributed by atoms with Crippen LogP contribution >= 0.6 is 0 Å². The molecule has 1 saturated carbocycles. The Bertz CT molecular complexity index is 221. The zero-order valence-electron chi connectivity index (χ0n) is 8.39. The van der Waals surface area contributed by atoms with Crippen molar-refractivity contribution < 1.29 is 4.79 Å². The second kappa shape index (κ2) is 2.98. The number of amides is 1. The highest BCUT2D eigenvalue weighted by atomic mass is 16.2. The minimum Gasteiger partial charge on any atom is -0.353 e. The van der Waals surface area contributed by atoms with E-state index in [0.29, 0.717) is 5.41 Å². The van der Waals surface area contributed by atoms with Crippen molar-refractivity contribution in [3.05, 3.63) is 0 Å². The fourth-order valence-corrected chi connectivity index (χ4v) is 2.05. The highest BCUT2D eigenvalue weighted by molar-refractivity contribution is 5.82. The van der Waals surface area contributed by atoms with Crippen molar-refractivity contribution in [3.63, 3.8) is 0 Å². The summed E-state index contributed by atoms with van der Waals surface area (Å²) in [6, 6.07) is 0.329. The van der Waals surface area contributed by atoms with Crippen LogP contribution in [0.25, 0.3) is 0 Å². The van der Waals surface area contributed by atoms with Crippen LogP contribution in [0.3, 0.4) is 0 Å². The number of hydrogen-bond donors (Lipinski definition) is 2. The molecule has 2 fully saturated rings. The number of nitrogens with one attached hydrogen (secondary N) is 2. The van der Waals surface area contributed by atoms with E-state index >= 15 is 0 Å². The number of hydrogen-bond acceptors (Lipinski definition) is 2. The van der Waals surface area contributed by atoms with Gasteiger partial charge in [-0.05, 0) is 38.5 Å². The summed E-state index contributed by atoms with van der Waals surface area (Å²) in [4.78, 5) is 11.6. The van der Waals surface area contributed by atoms with Gasteiger partial charge in [-0.3, -0.25) is 4.79 Å². The molecule has 1 saturated heterocycles. The standard InChI is InChI=1S/C10H18N2O/c1-7(2)12-9(13)8-5-10(3-4-10)6-11-8/h7-8,11H,3-6H2,1-2H3,(H,12,13). The molecule has 1 spiro atoms. The summed E-state index contributed by atoms with van der Waals surface area (Å²) < 4.78 is 0. The minimum atomic E-state index is 0.0740. The molecule has 0 radical (unpaired) electrons. The fourth-order valence-electron chi connectivity index (χ4n) is 2.05. The zero-order valence-corrected chi connectivity index (χ0v) is 8.39. The molecular weight excluding hydrogens is 164 g/mol. The van der Waals surface area contributed by atoms with E-state index in [-0.39, 0.29) is 18.0 Å². The van der Waals surface area contributed by atoms with Crippen LogP contribution in [0.5, 0.6) is 0 Å². The summed E-state index contributed by atoms with van der Waals surface area (Å²) in [7, 11) is 0. The van der Waals surface area contributed by atoms with Crippen LogP contribution in [0, 0.1) is 5.41 Å². The summed E-state index contributed by atoms with van der Waals surface area (Å²) in [6.07, 6.45) is 3.67. The van der Waals surface area contributed by atoms with Crippen molar-refractivity contribution in [3.8, 4) is 0 Å². The predicted octanol–water partition coefficient (Wildman–Crippen LogP) is 0.653. The van der Waals surface area contributed by atoms with E-state index in [1.54, 1.807) is 0 Å². The van der Waals surface area contributed by atoms with Gasteiger partial charge in [0.1, 0.15) is 0 Å². The average molecular weight is 182 g/mol. The van der Waals surface area contributed by atoms with Crippen molar-refractivity contribution in [2.24, 2.45) is 5.41 Å². The molecule has 1 aliphatic heterocycles. The predicted molar refractivity (Wildman–Crippen MR) is 51.4 cm³/mol. The van der Waals surface area contributed by atoms with Gasteiger partial charge in [-0.1, -0.05) is 0 Å². The van der Waals surface area contributed by atoms with Gasteiger partial charge in [0, 0.05) is 12.6 Å². The van der Waals surface area contributed by atoms with Gasteiger partial charge in [0.15, 0.2) is 0 Å². The fraction of sp³-hybridized carbons (Fsp3) is 0.900. The summed E-state index contributed by atoms with van der Waals surface area (Å²) in [5, 5.41) is 6.25. The molecule has 1 unspecified atom stereocenters. The molecule has 2 rings (SSSR count). The van der Waals surface area contributed by atoms with Crippen LogP contribution in [0.1, 0.15) is 33.1 Å². The monoisotopic (exact) mass is 182 g/mol. The van der Waals surface area contributed by atoms with Gasteiger partial charge in [0.2, 0.25) is 5.91 Å². The van der Waals surface area contributed by atoms with Gasteiger partial charge < -0.3 is 10.6 Å². The molecule has 3 heteroatoms. The number of carbonyl (C=O) groups excluding carboxylic acids is 1. The third-order valence-corrected chi connectivity index (χ3v) is 3.07. The van der Waals surface area contributed by atoms with E-state index in [1.807, 2.05) is 13.8 Å². The Morgan fingerprint density at radius 1 is 1.54 bits per heavy atom. The van der Waals surface area contributed by atoms with E-state index in [2.05, 4.69) is 10.6 Å². The van der Waals surface area contributed by atoms with Crippen molar-refractivity contribution >= 4 is 5.91 Å². The van der Waals surface area contributed by atoms with Gasteiger partial charge in [0.25, 0.3) is 0 Å². The SMILES string of the molecule is CC(C)NC(=O)C1CC2(CC2)CN1. The Morgan fingerprint density at radius 2 is 2.23 bits per heavy atom. The summed E-state index contributed by atoms with van der Waals surface area (Å²) in [6.45, 7) is 5.04. The van der Waals surface area contributed by atoms with Crippen LogP contribution < -0.4 is 10.6 Å². The lowest BCUT2D eigenvalue weighted by molar-refractivity contribution is -0.123. The van der Waals surface area contributed by atoms with Gasteiger partial charge in [0.05, 0.1) is 6.04 Å². The van der Waals surface area contributed by atoms with Gasteiger partial charge in [-0.25, -0.2) is 0 Å². The van der Waals surface area contributed by atoms with Crippen molar-refractivity contribution in [2.75, 3.05) is 6.54 Å². The Labute approximate surface area is 79.3 Å². The minimum absolute atomic E-state index is 0.0740. The van der Waals surface area contributed by atoms with E-state index < -0.39 is 0 Å². The molecule has 74 valence electrons. The van der Waals surface area contributed by atoms with Crippen molar-refractivity contribution in [1.29, 1.82) is 0 Å². The first-order valence-electron chi connectivity index (χ1n) is 5.15. The first-order chi connectivity index (χ1) is 6.11. The third kappa shape index (κ3) is 1.85. The molecule has 2 N–H and O–H groups in total. The molecule has 0 aromatic rings. The maximum absolute atomic E-state index is 11.6. The molecule has 0 aromatic carbocycles. The van der Waals surface area contributed by atoms with Gasteiger partial charge in [-0.15, -0.1) is 0 Å². The summed E-state index contributed by atoms with van der Waals surface area (Å²) >= 11 is 0. The Morgan fingerprint density at radius 3 is 2.69 bits per heavy atom. The quantitative estimate of drug-likeness (QED) is 0.658. The van der Waals surface area contributed by atoms with Crippen molar-refractivity contribution in [1.82, 2.24) is 10.6 Å². The van der Waals surface area contributed by atoms with Crippen LogP contribution in [0.15, 0.2) is 0 Å². The first kappa shape index (κ1) is 9.00. The van der Waals surface area contributed by atoms with Crippen LogP contribution in [-0.2, 0) is 4.79 Å². The molecular formula is C10H18N2O. The second-order valence-electron chi connectivity index (χ2n) is 4.80. The summed E-state index contributed by atoms with van der Waals surface area (Å²) in [5.74, 6) is 0.179. The number of carbonyl (C=O) groups is 1. The molecule has 1 aliphatic carbocycles. The van der Waals surface area contributed by atoms with E-state index in [1.165, 1.54) is 12.8 Å².